The summed E-state index contributed by atoms with van der Waals surface area (Å²) in [5, 5.41) is 12.4. The first-order valence-corrected chi connectivity index (χ1v) is 8.45. The maximum absolute atomic E-state index is 12.4. The third kappa shape index (κ3) is 2.48. The Kier molecular flexibility index (Phi) is 3.78. The zero-order valence-corrected chi connectivity index (χ0v) is 13.2. The van der Waals surface area contributed by atoms with Gasteiger partial charge in [-0.1, -0.05) is 6.92 Å². The molecule has 3 rings (SSSR count). The van der Waals surface area contributed by atoms with E-state index in [1.807, 2.05) is 13.0 Å². The van der Waals surface area contributed by atoms with E-state index in [-0.39, 0.29) is 17.9 Å². The molecule has 0 aromatic carbocycles. The summed E-state index contributed by atoms with van der Waals surface area (Å²) >= 11 is 1.50. The minimum absolute atomic E-state index is 0.105. The average molecular weight is 307 g/mol. The number of carboxylic acids is 1. The number of fused-ring (bicyclic) bond motifs is 2. The Labute approximate surface area is 128 Å². The van der Waals surface area contributed by atoms with Crippen LogP contribution in [0.5, 0.6) is 0 Å². The first-order chi connectivity index (χ1) is 10.0. The van der Waals surface area contributed by atoms with E-state index in [4.69, 9.17) is 0 Å². The van der Waals surface area contributed by atoms with E-state index in [0.717, 1.165) is 25.7 Å². The van der Waals surface area contributed by atoms with Gasteiger partial charge in [0.15, 0.2) is 0 Å². The van der Waals surface area contributed by atoms with Crippen molar-refractivity contribution in [3.8, 4) is 0 Å². The van der Waals surface area contributed by atoms with E-state index in [2.05, 4.69) is 12.2 Å². The molecule has 4 unspecified atom stereocenters. The summed E-state index contributed by atoms with van der Waals surface area (Å²) < 4.78 is 0. The van der Waals surface area contributed by atoms with Crippen LogP contribution in [-0.4, -0.2) is 23.0 Å². The molecule has 0 aliphatic heterocycles. The van der Waals surface area contributed by atoms with Crippen LogP contribution in [0.25, 0.3) is 0 Å². The predicted octanol–water partition coefficient (Wildman–Crippen LogP) is 2.85. The molecule has 2 N–H and O–H groups in total. The van der Waals surface area contributed by atoms with Crippen LogP contribution in [0.4, 0.5) is 0 Å². The van der Waals surface area contributed by atoms with E-state index < -0.39 is 11.9 Å². The number of hydrogen-bond acceptors (Lipinski definition) is 3. The summed E-state index contributed by atoms with van der Waals surface area (Å²) in [6.07, 6.45) is 3.91. The lowest BCUT2D eigenvalue weighted by molar-refractivity contribution is -0.144. The first kappa shape index (κ1) is 14.6. The van der Waals surface area contributed by atoms with Crippen molar-refractivity contribution in [1.29, 1.82) is 0 Å². The first-order valence-electron chi connectivity index (χ1n) is 7.64. The fourth-order valence-electron chi connectivity index (χ4n) is 4.06. The molecule has 21 heavy (non-hydrogen) atoms. The number of aryl methyl sites for hydroxylation is 2. The van der Waals surface area contributed by atoms with Crippen molar-refractivity contribution in [2.75, 3.05) is 0 Å². The topological polar surface area (TPSA) is 66.4 Å². The van der Waals surface area contributed by atoms with Crippen LogP contribution in [0.15, 0.2) is 6.07 Å². The Morgan fingerprint density at radius 2 is 2.10 bits per heavy atom. The molecule has 1 aromatic heterocycles. The molecule has 114 valence electrons. The molecule has 2 saturated carbocycles. The number of thiophene rings is 1. The second-order valence-electron chi connectivity index (χ2n) is 6.24. The molecule has 1 amide bonds. The Hall–Kier alpha value is -1.36. The van der Waals surface area contributed by atoms with Crippen LogP contribution < -0.4 is 5.32 Å². The molecule has 1 aromatic rings. The minimum atomic E-state index is -0.760. The molecule has 4 atom stereocenters. The number of rotatable bonds is 4. The highest BCUT2D eigenvalue weighted by Crippen LogP contribution is 2.48. The average Bonchev–Trinajstić information content (AvgIpc) is 3.11. The van der Waals surface area contributed by atoms with Gasteiger partial charge in [-0.15, -0.1) is 11.3 Å². The molecular weight excluding hydrogens is 286 g/mol. The molecule has 2 fully saturated rings. The standard InChI is InChI=1S/C16H21NO3S/c1-3-9-7-12(21-8(9)2)15(18)17-14-11-5-4-10(6-11)13(14)16(19)20/h7,10-11,13-14H,3-6H2,1-2H3,(H,17,18)(H,19,20). The number of nitrogens with one attached hydrogen (secondary N) is 1. The van der Waals surface area contributed by atoms with Crippen LogP contribution in [0.3, 0.4) is 0 Å². The summed E-state index contributed by atoms with van der Waals surface area (Å²) in [5.74, 6) is -0.684. The van der Waals surface area contributed by atoms with Gasteiger partial charge in [-0.05, 0) is 56.1 Å². The van der Waals surface area contributed by atoms with Gasteiger partial charge >= 0.3 is 5.97 Å². The van der Waals surface area contributed by atoms with E-state index in [1.54, 1.807) is 0 Å². The zero-order valence-electron chi connectivity index (χ0n) is 12.4. The van der Waals surface area contributed by atoms with E-state index in [9.17, 15) is 14.7 Å². The fourth-order valence-corrected chi connectivity index (χ4v) is 5.08. The van der Waals surface area contributed by atoms with Crippen molar-refractivity contribution in [3.63, 3.8) is 0 Å². The van der Waals surface area contributed by atoms with Crippen LogP contribution in [0.1, 0.15) is 46.3 Å². The predicted molar refractivity (Wildman–Crippen MR) is 81.6 cm³/mol. The normalized spacial score (nSPS) is 30.6. The summed E-state index contributed by atoms with van der Waals surface area (Å²) in [4.78, 5) is 25.8. The van der Waals surface area contributed by atoms with Crippen molar-refractivity contribution in [2.24, 2.45) is 17.8 Å². The van der Waals surface area contributed by atoms with Crippen molar-refractivity contribution in [1.82, 2.24) is 5.32 Å². The van der Waals surface area contributed by atoms with Gasteiger partial charge in [0, 0.05) is 10.9 Å². The molecule has 4 nitrogen and oxygen atoms in total. The molecule has 0 spiro atoms. The largest absolute Gasteiger partial charge is 0.481 e. The third-order valence-electron chi connectivity index (χ3n) is 5.12. The molecule has 2 aliphatic carbocycles. The summed E-state index contributed by atoms with van der Waals surface area (Å²) in [5.41, 5.74) is 1.20. The molecule has 0 saturated heterocycles. The van der Waals surface area contributed by atoms with Crippen molar-refractivity contribution in [3.05, 3.63) is 21.4 Å². The highest BCUT2D eigenvalue weighted by Gasteiger charge is 2.51. The SMILES string of the molecule is CCc1cc(C(=O)NC2C3CCC(C3)C2C(=O)O)sc1C. The van der Waals surface area contributed by atoms with Gasteiger partial charge in [0.1, 0.15) is 0 Å². The lowest BCUT2D eigenvalue weighted by Gasteiger charge is -2.28. The van der Waals surface area contributed by atoms with E-state index in [1.165, 1.54) is 21.8 Å². The highest BCUT2D eigenvalue weighted by atomic mass is 32.1. The maximum atomic E-state index is 12.4. The molecular formula is C16H21NO3S. The van der Waals surface area contributed by atoms with Crippen molar-refractivity contribution >= 4 is 23.2 Å². The number of hydrogen-bond donors (Lipinski definition) is 2. The van der Waals surface area contributed by atoms with Crippen LogP contribution >= 0.6 is 11.3 Å². The lowest BCUT2D eigenvalue weighted by atomic mass is 9.84. The quantitative estimate of drug-likeness (QED) is 0.899. The van der Waals surface area contributed by atoms with Crippen molar-refractivity contribution < 1.29 is 14.7 Å². The smallest absolute Gasteiger partial charge is 0.308 e. The summed E-state index contributed by atoms with van der Waals surface area (Å²) in [6, 6.07) is 1.75. The van der Waals surface area contributed by atoms with E-state index in [0.29, 0.717) is 10.8 Å². The van der Waals surface area contributed by atoms with Gasteiger partial charge in [0.05, 0.1) is 10.8 Å². The van der Waals surface area contributed by atoms with Crippen molar-refractivity contribution in [2.45, 2.75) is 45.6 Å². The lowest BCUT2D eigenvalue weighted by Crippen LogP contribution is -2.46. The highest BCUT2D eigenvalue weighted by molar-refractivity contribution is 7.14. The molecule has 2 bridgehead atoms. The van der Waals surface area contributed by atoms with Gasteiger partial charge in [0.25, 0.3) is 5.91 Å². The van der Waals surface area contributed by atoms with Gasteiger partial charge in [-0.25, -0.2) is 0 Å². The maximum Gasteiger partial charge on any atom is 0.308 e. The van der Waals surface area contributed by atoms with Gasteiger partial charge in [-0.3, -0.25) is 9.59 Å². The van der Waals surface area contributed by atoms with Crippen LogP contribution in [0.2, 0.25) is 0 Å². The molecule has 2 aliphatic rings. The Morgan fingerprint density at radius 3 is 2.71 bits per heavy atom. The van der Waals surface area contributed by atoms with E-state index >= 15 is 0 Å². The van der Waals surface area contributed by atoms with Crippen LogP contribution in [0, 0.1) is 24.7 Å². The zero-order chi connectivity index (χ0) is 15.1. The number of amides is 1. The second-order valence-corrected chi connectivity index (χ2v) is 7.50. The number of aliphatic carboxylic acids is 1. The Morgan fingerprint density at radius 1 is 1.38 bits per heavy atom. The van der Waals surface area contributed by atoms with Gasteiger partial charge in [0.2, 0.25) is 0 Å². The Bertz CT molecular complexity index is 580. The summed E-state index contributed by atoms with van der Waals surface area (Å²) in [7, 11) is 0. The number of carbonyl (C=O) groups is 2. The molecule has 1 heterocycles. The fraction of sp³-hybridized carbons (Fsp3) is 0.625. The second kappa shape index (κ2) is 5.44. The van der Waals surface area contributed by atoms with Gasteiger partial charge < -0.3 is 10.4 Å². The minimum Gasteiger partial charge on any atom is -0.481 e. The molecule has 5 heteroatoms. The van der Waals surface area contributed by atoms with Gasteiger partial charge in [-0.2, -0.15) is 0 Å². The summed E-state index contributed by atoms with van der Waals surface area (Å²) in [6.45, 7) is 4.10. The number of carbonyl (C=O) groups excluding carboxylic acids is 1. The molecule has 0 radical (unpaired) electrons. The Balaban J connectivity index is 1.76. The number of carboxylic acid groups (broad SMARTS) is 1. The monoisotopic (exact) mass is 307 g/mol. The third-order valence-corrected chi connectivity index (χ3v) is 6.22. The van der Waals surface area contributed by atoms with Crippen LogP contribution in [-0.2, 0) is 11.2 Å².